The summed E-state index contributed by atoms with van der Waals surface area (Å²) in [5, 5.41) is 2.98. The Kier molecular flexibility index (Phi) is 8.81. The molecule has 0 aliphatic rings. The molecule has 0 aliphatic heterocycles. The highest BCUT2D eigenvalue weighted by Gasteiger charge is 2.13. The van der Waals surface area contributed by atoms with E-state index in [0.29, 0.717) is 31.0 Å². The molecule has 0 spiro atoms. The highest BCUT2D eigenvalue weighted by Crippen LogP contribution is 2.30. The van der Waals surface area contributed by atoms with Gasteiger partial charge < -0.3 is 19.7 Å². The first-order chi connectivity index (χ1) is 9.53. The van der Waals surface area contributed by atoms with Gasteiger partial charge in [-0.25, -0.2) is 0 Å². The van der Waals surface area contributed by atoms with Crippen molar-refractivity contribution < 1.29 is 14.3 Å². The van der Waals surface area contributed by atoms with E-state index in [0.717, 1.165) is 11.1 Å². The Morgan fingerprint density at radius 1 is 1.24 bits per heavy atom. The number of carbonyl (C=O) groups is 1. The van der Waals surface area contributed by atoms with Crippen LogP contribution in [0, 0.1) is 6.92 Å². The molecule has 0 heterocycles. The maximum absolute atomic E-state index is 11.9. The largest absolute Gasteiger partial charge is 0.493 e. The molecular weight excluding hydrogens is 292 g/mol. The number of halogens is 1. The number of nitrogens with one attached hydrogen (secondary N) is 1. The van der Waals surface area contributed by atoms with Gasteiger partial charge in [0.05, 0.1) is 14.2 Å². The number of nitrogens with zero attached hydrogens (tertiary/aromatic N) is 1. The maximum atomic E-state index is 11.9. The van der Waals surface area contributed by atoms with Crippen LogP contribution in [0.15, 0.2) is 12.1 Å². The summed E-state index contributed by atoms with van der Waals surface area (Å²) in [4.78, 5) is 13.7. The number of rotatable bonds is 7. The fourth-order valence-corrected chi connectivity index (χ4v) is 1.96. The standard InChI is InChI=1S/C15H24N2O3.ClH/c1-11-8-13(19-4)14(20-5)9-12(11)10-17(3)15(18)6-7-16-2;/h8-9,16H,6-7,10H2,1-5H3;1H. The molecule has 0 saturated carbocycles. The second-order valence-corrected chi connectivity index (χ2v) is 4.74. The van der Waals surface area contributed by atoms with Crippen LogP contribution in [0.25, 0.3) is 0 Å². The van der Waals surface area contributed by atoms with Crippen LogP contribution in [0.4, 0.5) is 0 Å². The van der Waals surface area contributed by atoms with Gasteiger partial charge in [-0.15, -0.1) is 12.4 Å². The number of amides is 1. The number of hydrogen-bond acceptors (Lipinski definition) is 4. The van der Waals surface area contributed by atoms with Crippen molar-refractivity contribution in [3.05, 3.63) is 23.3 Å². The molecule has 120 valence electrons. The predicted octanol–water partition coefficient (Wildman–Crippen LogP) is 2.00. The third-order valence-electron chi connectivity index (χ3n) is 3.26. The molecule has 21 heavy (non-hydrogen) atoms. The molecule has 1 N–H and O–H groups in total. The van der Waals surface area contributed by atoms with Gasteiger partial charge in [-0.1, -0.05) is 0 Å². The van der Waals surface area contributed by atoms with E-state index in [1.54, 1.807) is 19.1 Å². The summed E-state index contributed by atoms with van der Waals surface area (Å²) in [5.41, 5.74) is 2.14. The van der Waals surface area contributed by atoms with Gasteiger partial charge in [0.2, 0.25) is 5.91 Å². The topological polar surface area (TPSA) is 50.8 Å². The van der Waals surface area contributed by atoms with E-state index in [9.17, 15) is 4.79 Å². The quantitative estimate of drug-likeness (QED) is 0.836. The van der Waals surface area contributed by atoms with Crippen molar-refractivity contribution in [2.24, 2.45) is 0 Å². The summed E-state index contributed by atoms with van der Waals surface area (Å²) in [7, 11) is 6.88. The highest BCUT2D eigenvalue weighted by molar-refractivity contribution is 5.85. The van der Waals surface area contributed by atoms with E-state index >= 15 is 0 Å². The van der Waals surface area contributed by atoms with Gasteiger partial charge in [0.1, 0.15) is 0 Å². The zero-order valence-corrected chi connectivity index (χ0v) is 14.2. The van der Waals surface area contributed by atoms with E-state index in [-0.39, 0.29) is 18.3 Å². The average Bonchev–Trinajstić information content (AvgIpc) is 2.45. The highest BCUT2D eigenvalue weighted by atomic mass is 35.5. The summed E-state index contributed by atoms with van der Waals surface area (Å²) in [6, 6.07) is 3.86. The Hall–Kier alpha value is -1.46. The SMILES string of the molecule is CNCCC(=O)N(C)Cc1cc(OC)c(OC)cc1C.Cl. The van der Waals surface area contributed by atoms with Crippen LogP contribution < -0.4 is 14.8 Å². The maximum Gasteiger partial charge on any atom is 0.223 e. The Balaban J connectivity index is 0.00000400. The Morgan fingerprint density at radius 3 is 2.33 bits per heavy atom. The average molecular weight is 317 g/mol. The summed E-state index contributed by atoms with van der Waals surface area (Å²) < 4.78 is 10.6. The normalized spacial score (nSPS) is 9.76. The molecular formula is C15H25ClN2O3. The van der Waals surface area contributed by atoms with Gasteiger partial charge in [-0.2, -0.15) is 0 Å². The van der Waals surface area contributed by atoms with Crippen molar-refractivity contribution in [1.29, 1.82) is 0 Å². The third-order valence-corrected chi connectivity index (χ3v) is 3.26. The van der Waals surface area contributed by atoms with Crippen molar-refractivity contribution in [3.8, 4) is 11.5 Å². The van der Waals surface area contributed by atoms with Crippen LogP contribution in [0.5, 0.6) is 11.5 Å². The third kappa shape index (κ3) is 5.44. The summed E-state index contributed by atoms with van der Waals surface area (Å²) in [6.45, 7) is 3.26. The van der Waals surface area contributed by atoms with Crippen molar-refractivity contribution in [2.45, 2.75) is 19.9 Å². The second-order valence-electron chi connectivity index (χ2n) is 4.74. The smallest absolute Gasteiger partial charge is 0.223 e. The molecule has 1 aromatic rings. The van der Waals surface area contributed by atoms with Crippen LogP contribution >= 0.6 is 12.4 Å². The predicted molar refractivity (Wildman–Crippen MR) is 86.5 cm³/mol. The molecule has 0 bridgehead atoms. The van der Waals surface area contributed by atoms with E-state index < -0.39 is 0 Å². The molecule has 0 saturated heterocycles. The molecule has 0 unspecified atom stereocenters. The first kappa shape index (κ1) is 19.5. The summed E-state index contributed by atoms with van der Waals surface area (Å²) in [5.74, 6) is 1.51. The van der Waals surface area contributed by atoms with Gasteiger partial charge in [-0.3, -0.25) is 4.79 Å². The van der Waals surface area contributed by atoms with Crippen LogP contribution in [0.3, 0.4) is 0 Å². The van der Waals surface area contributed by atoms with E-state index in [1.165, 1.54) is 0 Å². The van der Waals surface area contributed by atoms with Crippen LogP contribution in [0.2, 0.25) is 0 Å². The minimum atomic E-state index is 0. The molecule has 1 aromatic carbocycles. The molecule has 0 aromatic heterocycles. The van der Waals surface area contributed by atoms with Gasteiger partial charge in [-0.05, 0) is 37.2 Å². The van der Waals surface area contributed by atoms with Gasteiger partial charge in [0.15, 0.2) is 11.5 Å². The number of carbonyl (C=O) groups excluding carboxylic acids is 1. The van der Waals surface area contributed by atoms with Gasteiger partial charge in [0.25, 0.3) is 0 Å². The van der Waals surface area contributed by atoms with Crippen molar-refractivity contribution >= 4 is 18.3 Å². The molecule has 6 heteroatoms. The van der Waals surface area contributed by atoms with Crippen molar-refractivity contribution in [3.63, 3.8) is 0 Å². The minimum absolute atomic E-state index is 0. The summed E-state index contributed by atoms with van der Waals surface area (Å²) in [6.07, 6.45) is 0.499. The number of methoxy groups -OCH3 is 2. The number of aryl methyl sites for hydroxylation is 1. The minimum Gasteiger partial charge on any atom is -0.493 e. The van der Waals surface area contributed by atoms with Crippen LogP contribution in [0.1, 0.15) is 17.5 Å². The Labute approximate surface area is 133 Å². The van der Waals surface area contributed by atoms with Crippen molar-refractivity contribution in [1.82, 2.24) is 10.2 Å². The van der Waals surface area contributed by atoms with E-state index in [1.807, 2.05) is 33.2 Å². The molecule has 1 rings (SSSR count). The zero-order chi connectivity index (χ0) is 15.1. The lowest BCUT2D eigenvalue weighted by atomic mass is 10.1. The molecule has 0 fully saturated rings. The second kappa shape index (κ2) is 9.47. The monoisotopic (exact) mass is 316 g/mol. The molecule has 1 amide bonds. The molecule has 0 atom stereocenters. The van der Waals surface area contributed by atoms with Crippen LogP contribution in [-0.2, 0) is 11.3 Å². The number of hydrogen-bond donors (Lipinski definition) is 1. The summed E-state index contributed by atoms with van der Waals surface area (Å²) >= 11 is 0. The Morgan fingerprint density at radius 2 is 1.81 bits per heavy atom. The van der Waals surface area contributed by atoms with Crippen molar-refractivity contribution in [2.75, 3.05) is 34.9 Å². The first-order valence-electron chi connectivity index (χ1n) is 6.63. The molecule has 0 radical (unpaired) electrons. The fraction of sp³-hybridized carbons (Fsp3) is 0.533. The lowest BCUT2D eigenvalue weighted by Gasteiger charge is -2.20. The number of benzene rings is 1. The Bertz CT molecular complexity index is 466. The lowest BCUT2D eigenvalue weighted by Crippen LogP contribution is -2.29. The zero-order valence-electron chi connectivity index (χ0n) is 13.4. The van der Waals surface area contributed by atoms with E-state index in [4.69, 9.17) is 9.47 Å². The fourth-order valence-electron chi connectivity index (χ4n) is 1.96. The molecule has 0 aliphatic carbocycles. The van der Waals surface area contributed by atoms with Gasteiger partial charge in [0, 0.05) is 26.6 Å². The van der Waals surface area contributed by atoms with E-state index in [2.05, 4.69) is 5.32 Å². The lowest BCUT2D eigenvalue weighted by molar-refractivity contribution is -0.130. The van der Waals surface area contributed by atoms with Crippen LogP contribution in [-0.4, -0.2) is 45.7 Å². The first-order valence-corrected chi connectivity index (χ1v) is 6.63. The molecule has 5 nitrogen and oxygen atoms in total. The van der Waals surface area contributed by atoms with Gasteiger partial charge >= 0.3 is 0 Å². The number of ether oxygens (including phenoxy) is 2.